The zero-order valence-electron chi connectivity index (χ0n) is 13.2. The van der Waals surface area contributed by atoms with E-state index in [9.17, 15) is 18.4 Å². The van der Waals surface area contributed by atoms with Gasteiger partial charge in [0, 0.05) is 6.54 Å². The second-order valence-electron chi connectivity index (χ2n) is 5.33. The van der Waals surface area contributed by atoms with Crippen LogP contribution in [0.25, 0.3) is 0 Å². The highest BCUT2D eigenvalue weighted by atomic mass is 19.3. The average Bonchev–Trinajstić information content (AvgIpc) is 2.55. The van der Waals surface area contributed by atoms with Gasteiger partial charge in [0.1, 0.15) is 5.75 Å². The number of carbonyl (C=O) groups excluding carboxylic acids is 1. The van der Waals surface area contributed by atoms with Gasteiger partial charge in [-0.25, -0.2) is 0 Å². The van der Waals surface area contributed by atoms with Gasteiger partial charge >= 0.3 is 11.9 Å². The first kappa shape index (κ1) is 18.1. The normalized spacial score (nSPS) is 18.3. The maximum atomic E-state index is 14.8. The number of carboxylic acids is 1. The molecule has 1 unspecified atom stereocenters. The van der Waals surface area contributed by atoms with Crippen molar-refractivity contribution in [2.24, 2.45) is 0 Å². The molecule has 0 radical (unpaired) electrons. The van der Waals surface area contributed by atoms with Gasteiger partial charge in [0.15, 0.2) is 0 Å². The molecule has 2 rings (SSSR count). The third-order valence-electron chi connectivity index (χ3n) is 3.69. The molecule has 0 aromatic heterocycles. The molecule has 0 saturated carbocycles. The summed E-state index contributed by atoms with van der Waals surface area (Å²) in [4.78, 5) is 24.2. The van der Waals surface area contributed by atoms with E-state index in [4.69, 9.17) is 14.6 Å². The summed E-state index contributed by atoms with van der Waals surface area (Å²) in [6, 6.07) is 4.52. The van der Waals surface area contributed by atoms with Crippen LogP contribution in [0.2, 0.25) is 0 Å². The molecule has 1 aromatic rings. The smallest absolute Gasteiger partial charge is 0.353 e. The quantitative estimate of drug-likeness (QED) is 0.853. The third-order valence-corrected chi connectivity index (χ3v) is 3.69. The number of hydrogen-bond acceptors (Lipinski definition) is 4. The van der Waals surface area contributed by atoms with Gasteiger partial charge in [-0.05, 0) is 19.1 Å². The Labute approximate surface area is 138 Å². The van der Waals surface area contributed by atoms with E-state index in [1.807, 2.05) is 0 Å². The molecule has 1 aromatic carbocycles. The molecule has 1 fully saturated rings. The van der Waals surface area contributed by atoms with Crippen LogP contribution in [-0.4, -0.2) is 54.3 Å². The summed E-state index contributed by atoms with van der Waals surface area (Å²) in [5.41, 5.74) is -0.530. The zero-order valence-corrected chi connectivity index (χ0v) is 13.2. The first-order chi connectivity index (χ1) is 11.4. The van der Waals surface area contributed by atoms with Crippen molar-refractivity contribution in [3.8, 4) is 5.75 Å². The van der Waals surface area contributed by atoms with E-state index >= 15 is 0 Å². The summed E-state index contributed by atoms with van der Waals surface area (Å²) in [5.74, 6) is -6.51. The van der Waals surface area contributed by atoms with Gasteiger partial charge in [-0.3, -0.25) is 9.59 Å². The van der Waals surface area contributed by atoms with Crippen molar-refractivity contribution in [1.29, 1.82) is 0 Å². The van der Waals surface area contributed by atoms with Crippen LogP contribution < -0.4 is 4.74 Å². The van der Waals surface area contributed by atoms with Crippen LogP contribution in [0, 0.1) is 0 Å². The number of nitrogens with zero attached hydrogens (tertiary/aromatic N) is 1. The zero-order chi connectivity index (χ0) is 17.7. The summed E-state index contributed by atoms with van der Waals surface area (Å²) in [6.45, 7) is 1.76. The average molecular weight is 343 g/mol. The fraction of sp³-hybridized carbons (Fsp3) is 0.500. The number of carboxylic acid groups (broad SMARTS) is 1. The summed E-state index contributed by atoms with van der Waals surface area (Å²) in [5, 5.41) is 8.90. The minimum Gasteiger partial charge on any atom is -0.493 e. The number of morpholine rings is 1. The van der Waals surface area contributed by atoms with Gasteiger partial charge in [-0.1, -0.05) is 12.1 Å². The van der Waals surface area contributed by atoms with Crippen LogP contribution in [0.15, 0.2) is 24.3 Å². The standard InChI is InChI=1S/C16H19F2NO5/c1-2-24-13-6-4-3-5-12(13)16(17,18)15(22)19-7-8-23-10-11(19)9-14(20)21/h3-6,11H,2,7-10H2,1H3,(H,20,21). The Hall–Kier alpha value is -2.22. The third kappa shape index (κ3) is 3.81. The fourth-order valence-corrected chi connectivity index (χ4v) is 2.60. The van der Waals surface area contributed by atoms with Crippen molar-refractivity contribution >= 4 is 11.9 Å². The van der Waals surface area contributed by atoms with Crippen molar-refractivity contribution in [3.63, 3.8) is 0 Å². The lowest BCUT2D eigenvalue weighted by atomic mass is 10.0. The van der Waals surface area contributed by atoms with Gasteiger partial charge in [0.25, 0.3) is 5.91 Å². The molecule has 1 aliphatic heterocycles. The number of hydrogen-bond donors (Lipinski definition) is 1. The van der Waals surface area contributed by atoms with E-state index in [-0.39, 0.29) is 32.1 Å². The number of para-hydroxylation sites is 1. The Kier molecular flexibility index (Phi) is 5.71. The maximum Gasteiger partial charge on any atom is 0.353 e. The molecule has 24 heavy (non-hydrogen) atoms. The van der Waals surface area contributed by atoms with E-state index in [1.165, 1.54) is 18.2 Å². The molecular weight excluding hydrogens is 324 g/mol. The highest BCUT2D eigenvalue weighted by Crippen LogP contribution is 2.37. The number of ether oxygens (including phenoxy) is 2. The highest BCUT2D eigenvalue weighted by molar-refractivity contribution is 5.86. The lowest BCUT2D eigenvalue weighted by molar-refractivity contribution is -0.169. The topological polar surface area (TPSA) is 76.1 Å². The Morgan fingerprint density at radius 3 is 2.79 bits per heavy atom. The predicted molar refractivity (Wildman–Crippen MR) is 80.1 cm³/mol. The van der Waals surface area contributed by atoms with Gasteiger partial charge in [-0.15, -0.1) is 0 Å². The summed E-state index contributed by atoms with van der Waals surface area (Å²) in [6.07, 6.45) is -0.449. The monoisotopic (exact) mass is 343 g/mol. The van der Waals surface area contributed by atoms with Gasteiger partial charge in [-0.2, -0.15) is 8.78 Å². The van der Waals surface area contributed by atoms with Gasteiger partial charge in [0.2, 0.25) is 0 Å². The molecule has 1 aliphatic rings. The minimum absolute atomic E-state index is 0.0682. The van der Waals surface area contributed by atoms with Crippen molar-refractivity contribution in [3.05, 3.63) is 29.8 Å². The minimum atomic E-state index is -3.82. The lowest BCUT2D eigenvalue weighted by Crippen LogP contribution is -2.54. The van der Waals surface area contributed by atoms with Crippen molar-refractivity contribution in [1.82, 2.24) is 4.90 Å². The lowest BCUT2D eigenvalue weighted by Gasteiger charge is -2.37. The van der Waals surface area contributed by atoms with Crippen molar-refractivity contribution in [2.75, 3.05) is 26.4 Å². The number of amides is 1. The van der Waals surface area contributed by atoms with Crippen LogP contribution in [0.5, 0.6) is 5.75 Å². The number of benzene rings is 1. The Balaban J connectivity index is 2.30. The highest BCUT2D eigenvalue weighted by Gasteiger charge is 2.48. The summed E-state index contributed by atoms with van der Waals surface area (Å²) < 4.78 is 39.8. The van der Waals surface area contributed by atoms with E-state index in [0.717, 1.165) is 11.0 Å². The molecule has 8 heteroatoms. The second kappa shape index (κ2) is 7.57. The molecule has 1 heterocycles. The van der Waals surface area contributed by atoms with E-state index in [0.29, 0.717) is 0 Å². The molecule has 0 spiro atoms. The van der Waals surface area contributed by atoms with Crippen LogP contribution in [0.3, 0.4) is 0 Å². The Morgan fingerprint density at radius 2 is 2.12 bits per heavy atom. The Morgan fingerprint density at radius 1 is 1.42 bits per heavy atom. The molecule has 1 atom stereocenters. The van der Waals surface area contributed by atoms with E-state index < -0.39 is 35.8 Å². The first-order valence-electron chi connectivity index (χ1n) is 7.58. The SMILES string of the molecule is CCOc1ccccc1C(F)(F)C(=O)N1CCOCC1CC(=O)O. The van der Waals surface area contributed by atoms with Gasteiger partial charge in [0.05, 0.1) is 37.8 Å². The number of aliphatic carboxylic acids is 1. The molecule has 1 N–H and O–H groups in total. The molecule has 132 valence electrons. The second-order valence-corrected chi connectivity index (χ2v) is 5.33. The molecular formula is C16H19F2NO5. The summed E-state index contributed by atoms with van der Waals surface area (Å²) in [7, 11) is 0. The van der Waals surface area contributed by atoms with Crippen LogP contribution in [-0.2, 0) is 20.2 Å². The van der Waals surface area contributed by atoms with Crippen molar-refractivity contribution < 1.29 is 33.0 Å². The first-order valence-corrected chi connectivity index (χ1v) is 7.58. The number of alkyl halides is 2. The molecule has 1 saturated heterocycles. The van der Waals surface area contributed by atoms with Crippen LogP contribution in [0.4, 0.5) is 8.78 Å². The molecule has 0 bridgehead atoms. The largest absolute Gasteiger partial charge is 0.493 e. The molecule has 6 nitrogen and oxygen atoms in total. The molecule has 1 amide bonds. The van der Waals surface area contributed by atoms with Crippen LogP contribution in [0.1, 0.15) is 18.9 Å². The van der Waals surface area contributed by atoms with E-state index in [1.54, 1.807) is 6.92 Å². The van der Waals surface area contributed by atoms with Gasteiger partial charge < -0.3 is 19.5 Å². The fourth-order valence-electron chi connectivity index (χ4n) is 2.60. The Bertz CT molecular complexity index is 608. The van der Waals surface area contributed by atoms with E-state index in [2.05, 4.69) is 0 Å². The number of rotatable bonds is 6. The number of carbonyl (C=O) groups is 2. The maximum absolute atomic E-state index is 14.8. The summed E-state index contributed by atoms with van der Waals surface area (Å²) >= 11 is 0. The molecule has 0 aliphatic carbocycles. The predicted octanol–water partition coefficient (Wildman–Crippen LogP) is 1.88. The number of halogens is 2. The van der Waals surface area contributed by atoms with Crippen LogP contribution >= 0.6 is 0 Å². The van der Waals surface area contributed by atoms with Crippen molar-refractivity contribution in [2.45, 2.75) is 25.3 Å².